The normalized spacial score (nSPS) is 24.1. The van der Waals surface area contributed by atoms with Crippen LogP contribution in [-0.2, 0) is 9.59 Å². The maximum absolute atomic E-state index is 10.3. The molecule has 124 valence electrons. The monoisotopic (exact) mass is 299 g/mol. The first-order valence-electron chi connectivity index (χ1n) is 8.05. The molecule has 0 aromatic carbocycles. The summed E-state index contributed by atoms with van der Waals surface area (Å²) in [5.74, 6) is 0.478. The van der Waals surface area contributed by atoms with Crippen LogP contribution in [0.5, 0.6) is 0 Å². The summed E-state index contributed by atoms with van der Waals surface area (Å²) in [6.07, 6.45) is 10.3. The van der Waals surface area contributed by atoms with Crippen LogP contribution >= 0.6 is 0 Å². The largest absolute Gasteiger partial charge is 0.323 e. The zero-order chi connectivity index (χ0) is 16.1. The van der Waals surface area contributed by atoms with E-state index in [4.69, 9.17) is 5.73 Å². The van der Waals surface area contributed by atoms with Gasteiger partial charge in [0.1, 0.15) is 12.6 Å². The molecule has 1 aliphatic carbocycles. The summed E-state index contributed by atoms with van der Waals surface area (Å²) in [6.45, 7) is 1.09. The molecule has 2 unspecified atom stereocenters. The molecule has 1 saturated carbocycles. The molecular weight excluding hydrogens is 266 g/mol. The van der Waals surface area contributed by atoms with Crippen molar-refractivity contribution in [3.05, 3.63) is 0 Å². The van der Waals surface area contributed by atoms with Crippen LogP contribution in [0.2, 0.25) is 0 Å². The molecule has 2 aliphatic rings. The lowest BCUT2D eigenvalue weighted by Crippen LogP contribution is -2.32. The highest BCUT2D eigenvalue weighted by Crippen LogP contribution is 2.24. The van der Waals surface area contributed by atoms with Gasteiger partial charge in [0.15, 0.2) is 0 Å². The number of rotatable bonds is 3. The van der Waals surface area contributed by atoms with Gasteiger partial charge in [-0.25, -0.2) is 0 Å². The van der Waals surface area contributed by atoms with E-state index in [2.05, 4.69) is 10.2 Å². The number of likely N-dealkylation sites (N-methyl/N-ethyl adjacent to an activating group) is 1. The maximum Gasteiger partial charge on any atom is 0.137 e. The lowest BCUT2D eigenvalue weighted by Gasteiger charge is -2.23. The van der Waals surface area contributed by atoms with Crippen LogP contribution in [0.1, 0.15) is 44.9 Å². The smallest absolute Gasteiger partial charge is 0.137 e. The summed E-state index contributed by atoms with van der Waals surface area (Å²) in [7, 11) is 5.74. The molecule has 0 bridgehead atoms. The minimum Gasteiger partial charge on any atom is -0.323 e. The highest BCUT2D eigenvalue weighted by Gasteiger charge is 2.19. The summed E-state index contributed by atoms with van der Waals surface area (Å²) in [5.41, 5.74) is 5.58. The Kier molecular flexibility index (Phi) is 12.4. The van der Waals surface area contributed by atoms with Crippen LogP contribution in [0.25, 0.3) is 0 Å². The Labute approximate surface area is 129 Å². The van der Waals surface area contributed by atoms with Crippen LogP contribution in [-0.4, -0.2) is 57.2 Å². The molecule has 0 aromatic rings. The van der Waals surface area contributed by atoms with Gasteiger partial charge in [0.2, 0.25) is 0 Å². The van der Waals surface area contributed by atoms with Gasteiger partial charge < -0.3 is 20.6 Å². The molecule has 5 nitrogen and oxygen atoms in total. The average Bonchev–Trinajstić information content (AvgIpc) is 2.94. The zero-order valence-electron chi connectivity index (χ0n) is 13.9. The first kappa shape index (κ1) is 20.2. The Balaban J connectivity index is 0.000000327. The predicted molar refractivity (Wildman–Crippen MR) is 87.3 cm³/mol. The van der Waals surface area contributed by atoms with Crippen LogP contribution in [0.15, 0.2) is 0 Å². The highest BCUT2D eigenvalue weighted by atomic mass is 16.1. The van der Waals surface area contributed by atoms with E-state index in [-0.39, 0.29) is 12.1 Å². The minimum absolute atomic E-state index is 0.194. The van der Waals surface area contributed by atoms with Crippen molar-refractivity contribution in [3.63, 3.8) is 0 Å². The summed E-state index contributed by atoms with van der Waals surface area (Å²) in [6, 6.07) is 0.0234. The van der Waals surface area contributed by atoms with Gasteiger partial charge in [-0.1, -0.05) is 19.3 Å². The van der Waals surface area contributed by atoms with E-state index in [1.165, 1.54) is 25.7 Å². The van der Waals surface area contributed by atoms with Crippen LogP contribution in [0.3, 0.4) is 0 Å². The fourth-order valence-electron chi connectivity index (χ4n) is 2.74. The molecule has 0 radical (unpaired) electrons. The quantitative estimate of drug-likeness (QED) is 0.766. The van der Waals surface area contributed by atoms with Crippen molar-refractivity contribution < 1.29 is 9.59 Å². The lowest BCUT2D eigenvalue weighted by atomic mass is 9.85. The second kappa shape index (κ2) is 12.9. The Bertz CT molecular complexity index is 268. The molecule has 5 heteroatoms. The van der Waals surface area contributed by atoms with Crippen LogP contribution in [0.4, 0.5) is 0 Å². The van der Waals surface area contributed by atoms with E-state index in [1.807, 2.05) is 21.1 Å². The number of hydrogen-bond acceptors (Lipinski definition) is 5. The van der Waals surface area contributed by atoms with E-state index >= 15 is 0 Å². The summed E-state index contributed by atoms with van der Waals surface area (Å²) in [5, 5.41) is 2.75. The summed E-state index contributed by atoms with van der Waals surface area (Å²) < 4.78 is 0. The SMILES string of the molecule is CN1CCCC1C=O.CNC.NC(C=O)C1CCCCC1. The van der Waals surface area contributed by atoms with E-state index in [9.17, 15) is 9.59 Å². The molecular formula is C16H33N3O2. The molecule has 2 rings (SSSR count). The first-order valence-corrected chi connectivity index (χ1v) is 8.05. The van der Waals surface area contributed by atoms with Crippen LogP contribution in [0, 0.1) is 5.92 Å². The van der Waals surface area contributed by atoms with Gasteiger partial charge in [-0.2, -0.15) is 0 Å². The summed E-state index contributed by atoms with van der Waals surface area (Å²) in [4.78, 5) is 22.5. The third-order valence-corrected chi connectivity index (χ3v) is 4.09. The van der Waals surface area contributed by atoms with E-state index < -0.39 is 0 Å². The Morgan fingerprint density at radius 1 is 1.10 bits per heavy atom. The van der Waals surface area contributed by atoms with Gasteiger partial charge in [0.25, 0.3) is 0 Å². The van der Waals surface area contributed by atoms with E-state index in [0.717, 1.165) is 38.4 Å². The molecule has 1 saturated heterocycles. The number of carbonyl (C=O) groups is 2. The Hall–Kier alpha value is -0.780. The second-order valence-electron chi connectivity index (χ2n) is 5.94. The predicted octanol–water partition coefficient (Wildman–Crippen LogP) is 1.21. The molecule has 0 aromatic heterocycles. The van der Waals surface area contributed by atoms with Gasteiger partial charge in [-0.3, -0.25) is 4.90 Å². The number of aldehydes is 2. The molecule has 0 spiro atoms. The van der Waals surface area contributed by atoms with Crippen molar-refractivity contribution in [2.45, 2.75) is 57.0 Å². The lowest BCUT2D eigenvalue weighted by molar-refractivity contribution is -0.111. The third-order valence-electron chi connectivity index (χ3n) is 4.09. The van der Waals surface area contributed by atoms with Crippen molar-refractivity contribution in [2.75, 3.05) is 27.7 Å². The van der Waals surface area contributed by atoms with Crippen molar-refractivity contribution in [1.82, 2.24) is 10.2 Å². The van der Waals surface area contributed by atoms with Crippen molar-refractivity contribution in [3.8, 4) is 0 Å². The highest BCUT2D eigenvalue weighted by molar-refractivity contribution is 5.58. The number of nitrogens with one attached hydrogen (secondary N) is 1. The van der Waals surface area contributed by atoms with Gasteiger partial charge in [-0.05, 0) is 59.3 Å². The standard InChI is InChI=1S/C8H15NO.C6H11NO.C2H7N/c9-8(6-10)7-4-2-1-3-5-7;1-7-4-2-3-6(7)5-8;1-3-2/h6-8H,1-5,9H2;5-6H,2-4H2,1H3;3H,1-2H3. The van der Waals surface area contributed by atoms with Crippen molar-refractivity contribution >= 4 is 12.6 Å². The fourth-order valence-corrected chi connectivity index (χ4v) is 2.74. The molecule has 21 heavy (non-hydrogen) atoms. The fraction of sp³-hybridized carbons (Fsp3) is 0.875. The first-order chi connectivity index (χ1) is 10.1. The number of likely N-dealkylation sites (tertiary alicyclic amines) is 1. The van der Waals surface area contributed by atoms with E-state index in [0.29, 0.717) is 5.92 Å². The van der Waals surface area contributed by atoms with Gasteiger partial charge in [-0.15, -0.1) is 0 Å². The number of carbonyl (C=O) groups excluding carboxylic acids is 2. The maximum atomic E-state index is 10.3. The van der Waals surface area contributed by atoms with Crippen molar-refractivity contribution in [2.24, 2.45) is 11.7 Å². The van der Waals surface area contributed by atoms with Gasteiger partial charge in [0, 0.05) is 0 Å². The Morgan fingerprint density at radius 2 is 1.67 bits per heavy atom. The second-order valence-corrected chi connectivity index (χ2v) is 5.94. The third kappa shape index (κ3) is 8.96. The van der Waals surface area contributed by atoms with Gasteiger partial charge >= 0.3 is 0 Å². The molecule has 0 amide bonds. The molecule has 1 heterocycles. The number of hydrogen-bond donors (Lipinski definition) is 2. The number of nitrogens with two attached hydrogens (primary N) is 1. The number of nitrogens with zero attached hydrogens (tertiary/aromatic N) is 1. The minimum atomic E-state index is -0.194. The molecule has 2 atom stereocenters. The Morgan fingerprint density at radius 3 is 2.00 bits per heavy atom. The molecule has 2 fully saturated rings. The van der Waals surface area contributed by atoms with E-state index in [1.54, 1.807) is 0 Å². The molecule has 1 aliphatic heterocycles. The molecule has 3 N–H and O–H groups in total. The van der Waals surface area contributed by atoms with Crippen molar-refractivity contribution in [1.29, 1.82) is 0 Å². The van der Waals surface area contributed by atoms with Gasteiger partial charge in [0.05, 0.1) is 12.1 Å². The average molecular weight is 299 g/mol. The summed E-state index contributed by atoms with van der Waals surface area (Å²) >= 11 is 0. The zero-order valence-corrected chi connectivity index (χ0v) is 13.9. The van der Waals surface area contributed by atoms with Crippen LogP contribution < -0.4 is 11.1 Å². The topological polar surface area (TPSA) is 75.4 Å².